The predicted octanol–water partition coefficient (Wildman–Crippen LogP) is 1.82. The summed E-state index contributed by atoms with van der Waals surface area (Å²) < 4.78 is 4.26. The molecule has 3 heteroatoms. The summed E-state index contributed by atoms with van der Waals surface area (Å²) in [5, 5.41) is 3.64. The van der Waals surface area contributed by atoms with Gasteiger partial charge in [-0.2, -0.15) is 0 Å². The Morgan fingerprint density at radius 1 is 1.00 bits per heavy atom. The van der Waals surface area contributed by atoms with Crippen LogP contribution in [-0.4, -0.2) is 17.5 Å². The molecule has 1 aliphatic rings. The van der Waals surface area contributed by atoms with Gasteiger partial charge in [-0.1, -0.05) is 36.4 Å². The summed E-state index contributed by atoms with van der Waals surface area (Å²) in [5.74, 6) is 1.95. The highest BCUT2D eigenvalue weighted by atomic mass is 15.1. The van der Waals surface area contributed by atoms with Crippen molar-refractivity contribution in [1.29, 1.82) is 0 Å². The molecule has 1 aromatic heterocycles. The van der Waals surface area contributed by atoms with Crippen LogP contribution in [0.5, 0.6) is 0 Å². The number of aromatic nitrogens is 1. The summed E-state index contributed by atoms with van der Waals surface area (Å²) >= 11 is 0. The third-order valence-corrected chi connectivity index (χ3v) is 4.08. The lowest BCUT2D eigenvalue weighted by Gasteiger charge is -1.95. The van der Waals surface area contributed by atoms with Crippen LogP contribution in [0.2, 0.25) is 0 Å². The van der Waals surface area contributed by atoms with E-state index in [9.17, 15) is 0 Å². The van der Waals surface area contributed by atoms with Gasteiger partial charge < -0.3 is 4.57 Å². The molecular weight excluding hydrogens is 258 g/mol. The molecule has 0 aliphatic carbocycles. The fraction of sp³-hybridized carbons (Fsp3) is 0.111. The summed E-state index contributed by atoms with van der Waals surface area (Å²) in [6, 6.07) is 18.8. The topological polar surface area (TPSA) is 20.3 Å². The van der Waals surface area contributed by atoms with E-state index < -0.39 is 0 Å². The van der Waals surface area contributed by atoms with Gasteiger partial charge in [0.15, 0.2) is 0 Å². The van der Waals surface area contributed by atoms with E-state index in [1.165, 1.54) is 21.5 Å². The van der Waals surface area contributed by atoms with Gasteiger partial charge in [-0.3, -0.25) is 0 Å². The van der Waals surface area contributed by atoms with Crippen LogP contribution in [-0.2, 0) is 7.05 Å². The van der Waals surface area contributed by atoms with Crippen LogP contribution in [0, 0.1) is 0 Å². The number of aliphatic imine (C=N–C) groups is 1. The van der Waals surface area contributed by atoms with Crippen LogP contribution in [0.15, 0.2) is 59.6 Å². The van der Waals surface area contributed by atoms with E-state index in [1.54, 1.807) is 0 Å². The molecule has 0 unspecified atom stereocenters. The minimum Gasteiger partial charge on any atom is -0.308 e. The minimum atomic E-state index is 0.974. The SMILES string of the molecule is Cn1c(/N=C2\C=c3ccccc3=[N+]2C)cc2ccccc21. The molecular formula is C18H16N3+. The van der Waals surface area contributed by atoms with Gasteiger partial charge in [0, 0.05) is 29.8 Å². The first-order chi connectivity index (χ1) is 10.2. The Labute approximate surface area is 122 Å². The van der Waals surface area contributed by atoms with Crippen molar-refractivity contribution in [2.45, 2.75) is 0 Å². The zero-order valence-electron chi connectivity index (χ0n) is 12.1. The summed E-state index contributed by atoms with van der Waals surface area (Å²) in [4.78, 5) is 4.84. The normalized spacial score (nSPS) is 15.5. The number of benzene rings is 2. The largest absolute Gasteiger partial charge is 0.326 e. The van der Waals surface area contributed by atoms with Gasteiger partial charge in [-0.25, -0.2) is 4.58 Å². The maximum atomic E-state index is 4.84. The van der Waals surface area contributed by atoms with Crippen molar-refractivity contribution in [1.82, 2.24) is 9.14 Å². The Kier molecular flexibility index (Phi) is 2.54. The maximum absolute atomic E-state index is 4.84. The fourth-order valence-electron chi connectivity index (χ4n) is 2.88. The molecule has 0 saturated heterocycles. The fourth-order valence-corrected chi connectivity index (χ4v) is 2.88. The van der Waals surface area contributed by atoms with Crippen molar-refractivity contribution < 1.29 is 0 Å². The molecule has 0 amide bonds. The van der Waals surface area contributed by atoms with Crippen LogP contribution in [0.4, 0.5) is 5.82 Å². The summed E-state index contributed by atoms with van der Waals surface area (Å²) in [7, 11) is 4.12. The Morgan fingerprint density at radius 2 is 1.76 bits per heavy atom. The average Bonchev–Trinajstić information content (AvgIpc) is 2.99. The quantitative estimate of drug-likeness (QED) is 0.603. The van der Waals surface area contributed by atoms with Crippen LogP contribution in [0.1, 0.15) is 0 Å². The molecule has 0 atom stereocenters. The van der Waals surface area contributed by atoms with Crippen LogP contribution >= 0.6 is 0 Å². The number of fused-ring (bicyclic) bond motifs is 2. The number of hydrogen-bond donors (Lipinski definition) is 0. The first-order valence-corrected chi connectivity index (χ1v) is 7.05. The highest BCUT2D eigenvalue weighted by Gasteiger charge is 2.18. The second-order valence-electron chi connectivity index (χ2n) is 5.35. The van der Waals surface area contributed by atoms with Crippen molar-refractivity contribution in [3.05, 3.63) is 65.2 Å². The van der Waals surface area contributed by atoms with Crippen LogP contribution in [0.25, 0.3) is 17.0 Å². The van der Waals surface area contributed by atoms with E-state index in [0.29, 0.717) is 0 Å². The molecule has 0 bridgehead atoms. The van der Waals surface area contributed by atoms with Gasteiger partial charge in [-0.15, -0.1) is 0 Å². The first kappa shape index (κ1) is 12.1. The van der Waals surface area contributed by atoms with Gasteiger partial charge in [0.05, 0.1) is 12.6 Å². The number of para-hydroxylation sites is 2. The lowest BCUT2D eigenvalue weighted by Crippen LogP contribution is -2.32. The molecule has 21 heavy (non-hydrogen) atoms. The van der Waals surface area contributed by atoms with Gasteiger partial charge in [0.25, 0.3) is 0 Å². The molecule has 0 spiro atoms. The highest BCUT2D eigenvalue weighted by Crippen LogP contribution is 2.24. The molecule has 3 nitrogen and oxygen atoms in total. The van der Waals surface area contributed by atoms with Gasteiger partial charge in [-0.05, 0) is 17.1 Å². The molecule has 2 heterocycles. The lowest BCUT2D eigenvalue weighted by molar-refractivity contribution is 0.933. The van der Waals surface area contributed by atoms with Crippen LogP contribution < -0.4 is 15.2 Å². The van der Waals surface area contributed by atoms with Crippen LogP contribution in [0.3, 0.4) is 0 Å². The molecule has 102 valence electrons. The number of hydrogen-bond acceptors (Lipinski definition) is 1. The monoisotopic (exact) mass is 274 g/mol. The molecule has 3 aromatic rings. The highest BCUT2D eigenvalue weighted by molar-refractivity contribution is 6.11. The Morgan fingerprint density at radius 3 is 2.57 bits per heavy atom. The Bertz CT molecular complexity index is 1010. The molecule has 0 N–H and O–H groups in total. The predicted molar refractivity (Wildman–Crippen MR) is 87.3 cm³/mol. The third-order valence-electron chi connectivity index (χ3n) is 4.08. The van der Waals surface area contributed by atoms with E-state index >= 15 is 0 Å². The molecule has 1 aliphatic heterocycles. The lowest BCUT2D eigenvalue weighted by atomic mass is 10.2. The molecule has 2 aromatic carbocycles. The zero-order valence-corrected chi connectivity index (χ0v) is 12.1. The van der Waals surface area contributed by atoms with E-state index in [2.05, 4.69) is 83.9 Å². The number of aryl methyl sites for hydroxylation is 1. The van der Waals surface area contributed by atoms with Gasteiger partial charge in [0.2, 0.25) is 5.82 Å². The standard InChI is InChI=1S/C18H16N3/c1-20-15-9-5-3-7-13(15)11-17(20)19-18-12-14-8-4-6-10-16(14)21(18)2/h3-12H,1-2H3/q+1. The van der Waals surface area contributed by atoms with E-state index in [-0.39, 0.29) is 0 Å². The third kappa shape index (κ3) is 1.82. The summed E-state index contributed by atoms with van der Waals surface area (Å²) in [6.07, 6.45) is 2.13. The van der Waals surface area contributed by atoms with E-state index in [4.69, 9.17) is 4.99 Å². The molecule has 0 fully saturated rings. The molecule has 0 radical (unpaired) electrons. The number of amidine groups is 1. The average molecular weight is 274 g/mol. The van der Waals surface area contributed by atoms with Crippen molar-refractivity contribution in [3.8, 4) is 0 Å². The second-order valence-corrected chi connectivity index (χ2v) is 5.35. The van der Waals surface area contributed by atoms with Crippen molar-refractivity contribution in [2.24, 2.45) is 12.0 Å². The van der Waals surface area contributed by atoms with Crippen molar-refractivity contribution in [2.75, 3.05) is 7.05 Å². The molecule has 4 rings (SSSR count). The second kappa shape index (κ2) is 4.42. The molecule has 0 saturated carbocycles. The van der Waals surface area contributed by atoms with E-state index in [1.807, 2.05) is 0 Å². The number of nitrogens with zero attached hydrogens (tertiary/aromatic N) is 3. The zero-order chi connectivity index (χ0) is 14.4. The van der Waals surface area contributed by atoms with Gasteiger partial charge >= 0.3 is 5.84 Å². The van der Waals surface area contributed by atoms with Crippen molar-refractivity contribution >= 4 is 28.6 Å². The smallest absolute Gasteiger partial charge is 0.308 e. The van der Waals surface area contributed by atoms with Crippen molar-refractivity contribution in [3.63, 3.8) is 0 Å². The number of rotatable bonds is 1. The Hall–Kier alpha value is -2.68. The first-order valence-electron chi connectivity index (χ1n) is 7.05. The summed E-state index contributed by atoms with van der Waals surface area (Å²) in [5.41, 5.74) is 1.20. The Balaban J connectivity index is 1.92. The van der Waals surface area contributed by atoms with E-state index in [0.717, 1.165) is 11.7 Å². The summed E-state index contributed by atoms with van der Waals surface area (Å²) in [6.45, 7) is 0. The van der Waals surface area contributed by atoms with Gasteiger partial charge in [0.1, 0.15) is 5.36 Å². The minimum absolute atomic E-state index is 0.974. The maximum Gasteiger partial charge on any atom is 0.326 e.